The molecule has 0 saturated carbocycles. The standard InChI is InChI=1S/C17H18ClFN4OSi/c1-24-14-9-11(7-8-20-14)16-13(6-5-12(18)17(16)19)23-10-15(21-22-23)25(2,3)4/h5-10H,1-4H3. The fourth-order valence-electron chi connectivity index (χ4n) is 2.41. The van der Waals surface area contributed by atoms with E-state index in [2.05, 4.69) is 34.9 Å². The van der Waals surface area contributed by atoms with E-state index in [-0.39, 0.29) is 5.02 Å². The summed E-state index contributed by atoms with van der Waals surface area (Å²) in [5.74, 6) is -0.123. The summed E-state index contributed by atoms with van der Waals surface area (Å²) in [6.07, 6.45) is 3.42. The van der Waals surface area contributed by atoms with Crippen molar-refractivity contribution in [1.82, 2.24) is 20.0 Å². The monoisotopic (exact) mass is 376 g/mol. The zero-order valence-electron chi connectivity index (χ0n) is 14.4. The van der Waals surface area contributed by atoms with E-state index in [4.69, 9.17) is 16.3 Å². The van der Waals surface area contributed by atoms with Gasteiger partial charge in [-0.2, -0.15) is 0 Å². The molecule has 25 heavy (non-hydrogen) atoms. The zero-order valence-corrected chi connectivity index (χ0v) is 16.2. The van der Waals surface area contributed by atoms with Crippen LogP contribution in [0.4, 0.5) is 4.39 Å². The molecule has 3 rings (SSSR count). The van der Waals surface area contributed by atoms with Crippen molar-refractivity contribution in [3.63, 3.8) is 0 Å². The second-order valence-electron chi connectivity index (χ2n) is 6.64. The van der Waals surface area contributed by atoms with E-state index >= 15 is 0 Å². The van der Waals surface area contributed by atoms with Gasteiger partial charge in [-0.3, -0.25) is 0 Å². The van der Waals surface area contributed by atoms with Crippen LogP contribution in [0.1, 0.15) is 0 Å². The number of rotatable bonds is 4. The van der Waals surface area contributed by atoms with Gasteiger partial charge in [0.2, 0.25) is 5.88 Å². The molecule has 0 radical (unpaired) electrons. The van der Waals surface area contributed by atoms with Crippen LogP contribution in [0.15, 0.2) is 36.7 Å². The number of halogens is 2. The first-order valence-corrected chi connectivity index (χ1v) is 11.6. The van der Waals surface area contributed by atoms with Crippen LogP contribution in [-0.2, 0) is 0 Å². The average molecular weight is 377 g/mol. The van der Waals surface area contributed by atoms with Gasteiger partial charge < -0.3 is 4.74 Å². The maximum atomic E-state index is 14.9. The van der Waals surface area contributed by atoms with E-state index in [1.807, 2.05) is 6.20 Å². The van der Waals surface area contributed by atoms with Gasteiger partial charge in [0.15, 0.2) is 5.82 Å². The van der Waals surface area contributed by atoms with E-state index in [1.165, 1.54) is 13.2 Å². The van der Waals surface area contributed by atoms with E-state index in [1.54, 1.807) is 29.1 Å². The van der Waals surface area contributed by atoms with Crippen LogP contribution in [-0.4, -0.2) is 35.2 Å². The molecular weight excluding hydrogens is 359 g/mol. The van der Waals surface area contributed by atoms with E-state index < -0.39 is 13.9 Å². The predicted octanol–water partition coefficient (Wildman–Crippen LogP) is 3.68. The minimum absolute atomic E-state index is 0.0417. The van der Waals surface area contributed by atoms with Gasteiger partial charge in [-0.1, -0.05) is 36.5 Å². The quantitative estimate of drug-likeness (QED) is 0.652. The third-order valence-corrected chi connectivity index (χ3v) is 5.87. The molecule has 0 spiro atoms. The molecule has 0 atom stereocenters. The van der Waals surface area contributed by atoms with Crippen LogP contribution < -0.4 is 10.1 Å². The van der Waals surface area contributed by atoms with Crippen molar-refractivity contribution in [1.29, 1.82) is 0 Å². The Balaban J connectivity index is 2.21. The summed E-state index contributed by atoms with van der Waals surface area (Å²) in [5, 5.41) is 9.45. The summed E-state index contributed by atoms with van der Waals surface area (Å²) in [7, 11) is -0.113. The second kappa shape index (κ2) is 6.57. The molecule has 0 aliphatic rings. The SMILES string of the molecule is COc1cc(-c2c(-n3cc([Si](C)(C)C)nn3)ccc(Cl)c2F)ccn1. The van der Waals surface area contributed by atoms with Gasteiger partial charge in [0, 0.05) is 24.0 Å². The largest absolute Gasteiger partial charge is 0.481 e. The van der Waals surface area contributed by atoms with Gasteiger partial charge in [-0.15, -0.1) is 5.10 Å². The summed E-state index contributed by atoms with van der Waals surface area (Å²) in [4.78, 5) is 4.07. The van der Waals surface area contributed by atoms with Crippen LogP contribution in [0.25, 0.3) is 16.8 Å². The van der Waals surface area contributed by atoms with Gasteiger partial charge >= 0.3 is 0 Å². The molecule has 0 amide bonds. The first-order chi connectivity index (χ1) is 11.8. The Bertz CT molecular complexity index is 923. The fourth-order valence-corrected chi connectivity index (χ4v) is 3.42. The smallest absolute Gasteiger partial charge is 0.213 e. The molecule has 0 N–H and O–H groups in total. The second-order valence-corrected chi connectivity index (χ2v) is 12.1. The van der Waals surface area contributed by atoms with E-state index in [0.717, 1.165) is 5.32 Å². The van der Waals surface area contributed by atoms with Gasteiger partial charge in [-0.05, 0) is 23.8 Å². The predicted molar refractivity (Wildman–Crippen MR) is 99.1 cm³/mol. The van der Waals surface area contributed by atoms with Crippen LogP contribution in [0.5, 0.6) is 5.88 Å². The zero-order chi connectivity index (χ0) is 18.2. The minimum Gasteiger partial charge on any atom is -0.481 e. The highest BCUT2D eigenvalue weighted by atomic mass is 35.5. The molecule has 0 aliphatic heterocycles. The Kier molecular flexibility index (Phi) is 4.62. The summed E-state index contributed by atoms with van der Waals surface area (Å²) >= 11 is 6.01. The van der Waals surface area contributed by atoms with Crippen molar-refractivity contribution in [2.45, 2.75) is 19.6 Å². The normalized spacial score (nSPS) is 11.6. The molecule has 1 aromatic carbocycles. The number of pyridine rings is 1. The summed E-state index contributed by atoms with van der Waals surface area (Å²) in [6.45, 7) is 6.54. The lowest BCUT2D eigenvalue weighted by Gasteiger charge is -2.13. The average Bonchev–Trinajstić information content (AvgIpc) is 3.07. The van der Waals surface area contributed by atoms with Gasteiger partial charge in [0.1, 0.15) is 8.07 Å². The van der Waals surface area contributed by atoms with Gasteiger partial charge in [0.05, 0.1) is 23.1 Å². The number of ether oxygens (including phenoxy) is 1. The third-order valence-electron chi connectivity index (χ3n) is 3.81. The lowest BCUT2D eigenvalue weighted by molar-refractivity contribution is 0.398. The van der Waals surface area contributed by atoms with Crippen molar-refractivity contribution in [2.75, 3.05) is 7.11 Å². The maximum absolute atomic E-state index is 14.9. The van der Waals surface area contributed by atoms with Crippen LogP contribution in [0.2, 0.25) is 24.7 Å². The summed E-state index contributed by atoms with van der Waals surface area (Å²) < 4.78 is 21.6. The molecule has 0 bridgehead atoms. The Morgan fingerprint density at radius 2 is 1.96 bits per heavy atom. The third kappa shape index (κ3) is 3.43. The number of hydrogen-bond donors (Lipinski definition) is 0. The lowest BCUT2D eigenvalue weighted by atomic mass is 10.0. The van der Waals surface area contributed by atoms with Crippen LogP contribution in [0.3, 0.4) is 0 Å². The molecule has 2 heterocycles. The Morgan fingerprint density at radius 1 is 1.20 bits per heavy atom. The minimum atomic E-state index is -1.63. The Labute approximate surface area is 151 Å². The maximum Gasteiger partial charge on any atom is 0.213 e. The summed E-state index contributed by atoms with van der Waals surface area (Å²) in [5.41, 5.74) is 1.50. The number of benzene rings is 1. The van der Waals surface area contributed by atoms with Crippen molar-refractivity contribution >= 4 is 25.0 Å². The van der Waals surface area contributed by atoms with E-state index in [9.17, 15) is 4.39 Å². The van der Waals surface area contributed by atoms with Crippen molar-refractivity contribution in [3.05, 3.63) is 47.5 Å². The van der Waals surface area contributed by atoms with E-state index in [0.29, 0.717) is 22.7 Å². The number of hydrogen-bond acceptors (Lipinski definition) is 4. The molecule has 8 heteroatoms. The number of nitrogens with zero attached hydrogens (tertiary/aromatic N) is 4. The van der Waals surface area contributed by atoms with Gasteiger partial charge in [-0.25, -0.2) is 14.1 Å². The van der Waals surface area contributed by atoms with Gasteiger partial charge in [0.25, 0.3) is 0 Å². The van der Waals surface area contributed by atoms with Crippen molar-refractivity contribution < 1.29 is 9.13 Å². The summed E-state index contributed by atoms with van der Waals surface area (Å²) in [6, 6.07) is 6.62. The van der Waals surface area contributed by atoms with Crippen LogP contribution in [0, 0.1) is 5.82 Å². The molecule has 5 nitrogen and oxygen atoms in total. The molecule has 0 saturated heterocycles. The molecule has 0 aliphatic carbocycles. The molecule has 130 valence electrons. The molecular formula is C17H18ClFN4OSi. The van der Waals surface area contributed by atoms with Crippen LogP contribution >= 0.6 is 11.6 Å². The Hall–Kier alpha value is -2.25. The molecule has 3 aromatic rings. The van der Waals surface area contributed by atoms with Crippen molar-refractivity contribution in [3.8, 4) is 22.7 Å². The lowest BCUT2D eigenvalue weighted by Crippen LogP contribution is -2.38. The first-order valence-electron chi connectivity index (χ1n) is 7.73. The fraction of sp³-hybridized carbons (Fsp3) is 0.235. The number of methoxy groups -OCH3 is 1. The highest BCUT2D eigenvalue weighted by Gasteiger charge is 2.23. The molecule has 0 fully saturated rings. The van der Waals surface area contributed by atoms with Crippen molar-refractivity contribution in [2.24, 2.45) is 0 Å². The number of aromatic nitrogens is 4. The highest BCUT2D eigenvalue weighted by Crippen LogP contribution is 2.34. The molecule has 0 unspecified atom stereocenters. The topological polar surface area (TPSA) is 52.8 Å². The first kappa shape index (κ1) is 17.6. The highest BCUT2D eigenvalue weighted by molar-refractivity contribution is 6.88. The Morgan fingerprint density at radius 3 is 2.60 bits per heavy atom. The molecule has 2 aromatic heterocycles.